The lowest BCUT2D eigenvalue weighted by Gasteiger charge is -2.28. The van der Waals surface area contributed by atoms with Gasteiger partial charge in [0.05, 0.1) is 0 Å². The van der Waals surface area contributed by atoms with Crippen LogP contribution in [0.4, 0.5) is 0 Å². The Balaban J connectivity index is 2.48. The van der Waals surface area contributed by atoms with Gasteiger partial charge >= 0.3 is 5.97 Å². The number of nitrogens with zero attached hydrogens (tertiary/aromatic N) is 2. The van der Waals surface area contributed by atoms with Crippen molar-refractivity contribution in [2.75, 3.05) is 33.2 Å². The molecule has 4 heteroatoms. The van der Waals surface area contributed by atoms with Crippen LogP contribution >= 0.6 is 0 Å². The molecule has 1 fully saturated rings. The highest BCUT2D eigenvalue weighted by Gasteiger charge is 2.21. The van der Waals surface area contributed by atoms with Gasteiger partial charge in [-0.2, -0.15) is 0 Å². The second kappa shape index (κ2) is 6.66. The lowest BCUT2D eigenvalue weighted by molar-refractivity contribution is -0.137. The van der Waals surface area contributed by atoms with Crippen LogP contribution in [-0.2, 0) is 4.79 Å². The Morgan fingerprint density at radius 1 is 1.56 bits per heavy atom. The molecule has 4 nitrogen and oxygen atoms in total. The average molecular weight is 226 g/mol. The monoisotopic (exact) mass is 226 g/mol. The van der Waals surface area contributed by atoms with E-state index in [0.29, 0.717) is 6.04 Å². The number of carbonyl (C=O) groups is 1. The number of carboxylic acid groups (broad SMARTS) is 1. The standard InChI is InChI=1S/C12H22N2O2/c1-3-7-14-9-4-8-13(2)11(10-14)5-6-12(15)16/h3,11H,1,4-10H2,2H3,(H,15,16). The molecule has 0 radical (unpaired) electrons. The highest BCUT2D eigenvalue weighted by Crippen LogP contribution is 2.12. The van der Waals surface area contributed by atoms with E-state index in [4.69, 9.17) is 5.11 Å². The molecule has 1 saturated heterocycles. The molecule has 1 heterocycles. The Morgan fingerprint density at radius 3 is 2.94 bits per heavy atom. The van der Waals surface area contributed by atoms with Gasteiger partial charge in [-0.1, -0.05) is 6.08 Å². The van der Waals surface area contributed by atoms with Crippen LogP contribution in [0.2, 0.25) is 0 Å². The smallest absolute Gasteiger partial charge is 0.303 e. The molecule has 0 amide bonds. The summed E-state index contributed by atoms with van der Waals surface area (Å²) in [4.78, 5) is 15.2. The minimum atomic E-state index is -0.701. The SMILES string of the molecule is C=CCN1CCCN(C)C(CCC(=O)O)C1. The topological polar surface area (TPSA) is 43.8 Å². The molecule has 0 saturated carbocycles. The third-order valence-corrected chi connectivity index (χ3v) is 3.16. The van der Waals surface area contributed by atoms with Crippen molar-refractivity contribution in [2.45, 2.75) is 25.3 Å². The van der Waals surface area contributed by atoms with Crippen molar-refractivity contribution in [2.24, 2.45) is 0 Å². The van der Waals surface area contributed by atoms with Crippen molar-refractivity contribution in [3.63, 3.8) is 0 Å². The maximum absolute atomic E-state index is 10.6. The molecule has 0 aliphatic carbocycles. The molecule has 16 heavy (non-hydrogen) atoms. The van der Waals surface area contributed by atoms with Gasteiger partial charge in [-0.15, -0.1) is 6.58 Å². The summed E-state index contributed by atoms with van der Waals surface area (Å²) in [5.74, 6) is -0.701. The van der Waals surface area contributed by atoms with Crippen molar-refractivity contribution >= 4 is 5.97 Å². The Hall–Kier alpha value is -0.870. The number of carboxylic acids is 1. The second-order valence-corrected chi connectivity index (χ2v) is 4.47. The van der Waals surface area contributed by atoms with Gasteiger partial charge in [0, 0.05) is 25.6 Å². The highest BCUT2D eigenvalue weighted by molar-refractivity contribution is 5.66. The van der Waals surface area contributed by atoms with Gasteiger partial charge in [0.2, 0.25) is 0 Å². The molecule has 1 rings (SSSR count). The zero-order valence-corrected chi connectivity index (χ0v) is 10.1. The molecular formula is C12H22N2O2. The van der Waals surface area contributed by atoms with Crippen LogP contribution in [0.25, 0.3) is 0 Å². The Labute approximate surface area is 97.5 Å². The number of rotatable bonds is 5. The summed E-state index contributed by atoms with van der Waals surface area (Å²) in [5, 5.41) is 8.72. The van der Waals surface area contributed by atoms with Crippen molar-refractivity contribution in [1.82, 2.24) is 9.80 Å². The average Bonchev–Trinajstić information content (AvgIpc) is 2.39. The summed E-state index contributed by atoms with van der Waals surface area (Å²) in [6, 6.07) is 0.360. The Bertz CT molecular complexity index is 243. The second-order valence-electron chi connectivity index (χ2n) is 4.47. The quantitative estimate of drug-likeness (QED) is 0.711. The van der Waals surface area contributed by atoms with Crippen LogP contribution in [0.5, 0.6) is 0 Å². The summed E-state index contributed by atoms with van der Waals surface area (Å²) in [6.07, 6.45) is 4.06. The highest BCUT2D eigenvalue weighted by atomic mass is 16.4. The van der Waals surface area contributed by atoms with Gasteiger partial charge in [0.1, 0.15) is 0 Å². The third-order valence-electron chi connectivity index (χ3n) is 3.16. The first-order valence-corrected chi connectivity index (χ1v) is 5.88. The fraction of sp³-hybridized carbons (Fsp3) is 0.750. The number of hydrogen-bond acceptors (Lipinski definition) is 3. The van der Waals surface area contributed by atoms with E-state index in [0.717, 1.165) is 39.0 Å². The first-order valence-electron chi connectivity index (χ1n) is 5.88. The molecule has 0 spiro atoms. The molecule has 1 atom stereocenters. The van der Waals surface area contributed by atoms with Crippen molar-refractivity contribution in [3.8, 4) is 0 Å². The molecule has 1 aliphatic heterocycles. The number of hydrogen-bond donors (Lipinski definition) is 1. The van der Waals surface area contributed by atoms with E-state index in [1.54, 1.807) is 0 Å². The van der Waals surface area contributed by atoms with E-state index in [9.17, 15) is 4.79 Å². The lowest BCUT2D eigenvalue weighted by Crippen LogP contribution is -2.39. The normalized spacial score (nSPS) is 23.9. The maximum Gasteiger partial charge on any atom is 0.303 e. The van der Waals surface area contributed by atoms with Crippen LogP contribution in [0.15, 0.2) is 12.7 Å². The van der Waals surface area contributed by atoms with Crippen molar-refractivity contribution in [3.05, 3.63) is 12.7 Å². The number of likely N-dealkylation sites (N-methyl/N-ethyl adjacent to an activating group) is 1. The van der Waals surface area contributed by atoms with Gasteiger partial charge < -0.3 is 10.0 Å². The van der Waals surface area contributed by atoms with Gasteiger partial charge in [-0.05, 0) is 33.0 Å². The first-order chi connectivity index (χ1) is 7.63. The molecule has 0 aromatic rings. The van der Waals surface area contributed by atoms with E-state index < -0.39 is 5.97 Å². The molecule has 0 bridgehead atoms. The molecule has 0 aromatic heterocycles. The minimum Gasteiger partial charge on any atom is -0.481 e. The molecule has 1 aliphatic rings. The van der Waals surface area contributed by atoms with Crippen LogP contribution in [0.3, 0.4) is 0 Å². The van der Waals surface area contributed by atoms with Crippen LogP contribution in [0, 0.1) is 0 Å². The molecule has 1 unspecified atom stereocenters. The van der Waals surface area contributed by atoms with E-state index in [1.165, 1.54) is 0 Å². The number of aliphatic carboxylic acids is 1. The van der Waals surface area contributed by atoms with Crippen molar-refractivity contribution < 1.29 is 9.90 Å². The third kappa shape index (κ3) is 4.33. The minimum absolute atomic E-state index is 0.261. The van der Waals surface area contributed by atoms with Gasteiger partial charge in [-0.3, -0.25) is 9.69 Å². The van der Waals surface area contributed by atoms with Crippen LogP contribution < -0.4 is 0 Å². The zero-order valence-electron chi connectivity index (χ0n) is 10.1. The summed E-state index contributed by atoms with van der Waals surface area (Å²) in [7, 11) is 2.09. The van der Waals surface area contributed by atoms with Crippen molar-refractivity contribution in [1.29, 1.82) is 0 Å². The summed E-state index contributed by atoms with van der Waals surface area (Å²) in [6.45, 7) is 7.75. The molecule has 0 aromatic carbocycles. The van der Waals surface area contributed by atoms with Gasteiger partial charge in [-0.25, -0.2) is 0 Å². The predicted molar refractivity (Wildman–Crippen MR) is 64.5 cm³/mol. The molecular weight excluding hydrogens is 204 g/mol. The van der Waals surface area contributed by atoms with Gasteiger partial charge in [0.25, 0.3) is 0 Å². The predicted octanol–water partition coefficient (Wildman–Crippen LogP) is 1.04. The van der Waals surface area contributed by atoms with Gasteiger partial charge in [0.15, 0.2) is 0 Å². The van der Waals surface area contributed by atoms with E-state index in [-0.39, 0.29) is 6.42 Å². The zero-order chi connectivity index (χ0) is 12.0. The summed E-state index contributed by atoms with van der Waals surface area (Å²) >= 11 is 0. The first kappa shape index (κ1) is 13.2. The Kier molecular flexibility index (Phi) is 5.49. The van der Waals surface area contributed by atoms with Crippen LogP contribution in [0.1, 0.15) is 19.3 Å². The summed E-state index contributed by atoms with van der Waals surface area (Å²) in [5.41, 5.74) is 0. The summed E-state index contributed by atoms with van der Waals surface area (Å²) < 4.78 is 0. The van der Waals surface area contributed by atoms with Crippen LogP contribution in [-0.4, -0.2) is 60.1 Å². The fourth-order valence-electron chi connectivity index (χ4n) is 2.21. The van der Waals surface area contributed by atoms with E-state index in [2.05, 4.69) is 23.4 Å². The molecule has 92 valence electrons. The van der Waals surface area contributed by atoms with E-state index in [1.807, 2.05) is 6.08 Å². The van der Waals surface area contributed by atoms with E-state index >= 15 is 0 Å². The fourth-order valence-corrected chi connectivity index (χ4v) is 2.21. The maximum atomic E-state index is 10.6. The molecule has 1 N–H and O–H groups in total. The largest absolute Gasteiger partial charge is 0.481 e. The lowest BCUT2D eigenvalue weighted by atomic mass is 10.1. The Morgan fingerprint density at radius 2 is 2.31 bits per heavy atom.